The minimum Gasteiger partial charge on any atom is -1.00 e. The molecule has 0 aromatic carbocycles. The van der Waals surface area contributed by atoms with Gasteiger partial charge in [0.2, 0.25) is 0 Å². The predicted octanol–water partition coefficient (Wildman–Crippen LogP) is -11.2. The van der Waals surface area contributed by atoms with E-state index >= 15 is 0 Å². The third kappa shape index (κ3) is 50900. The summed E-state index contributed by atoms with van der Waals surface area (Å²) in [7, 11) is 0. The highest BCUT2D eigenvalue weighted by molar-refractivity contribution is 0.833. The van der Waals surface area contributed by atoms with Gasteiger partial charge < -0.3 is 67.2 Å². The van der Waals surface area contributed by atoms with Crippen LogP contribution in [-0.4, -0.2) is 54.8 Å². The molecule has 88 valence electrons. The smallest absolute Gasteiger partial charge is 0.412 e. The molecule has 0 amide bonds. The lowest BCUT2D eigenvalue weighted by Crippen LogP contribution is -3.00. The van der Waals surface area contributed by atoms with Crippen molar-refractivity contribution in [3.63, 3.8) is 0 Å². The van der Waals surface area contributed by atoms with Crippen LogP contribution < -0.4 is 12.4 Å². The van der Waals surface area contributed by atoms with Crippen molar-refractivity contribution < 1.29 is 67.2 Å². The quantitative estimate of drug-likeness (QED) is 0.363. The summed E-state index contributed by atoms with van der Waals surface area (Å²) in [6.45, 7) is 0. The summed E-state index contributed by atoms with van der Waals surface area (Å²) in [5.74, 6) is 0. The fourth-order valence-corrected chi connectivity index (χ4v) is 0. The first kappa shape index (κ1) is 88000. The molecule has 0 aromatic rings. The third-order valence-electron chi connectivity index (χ3n) is 0. The van der Waals surface area contributed by atoms with E-state index in [0.717, 1.165) is 0 Å². The van der Waals surface area contributed by atoms with Crippen molar-refractivity contribution in [1.29, 1.82) is 0 Å². The fourth-order valence-electron chi connectivity index (χ4n) is 0. The average Bonchev–Trinajstić information content (AvgIpc) is 0. The molecule has 0 heterocycles. The Balaban J connectivity index is 0. The number of hydrogen-bond acceptors (Lipinski definition) is 0. The summed E-state index contributed by atoms with van der Waals surface area (Å²) in [5, 5.41) is 0. The molecule has 0 unspecified atom stereocenters. The summed E-state index contributed by atoms with van der Waals surface area (Å²) in [6.07, 6.45) is 0. The highest BCUT2D eigenvalue weighted by atomic mass is 35.5. The van der Waals surface area contributed by atoms with Gasteiger partial charge in [-0.1, -0.05) is 0 Å². The Morgan fingerprint density at radius 3 is 0.182 bits per heavy atom. The molecule has 11 heavy (non-hydrogen) atoms. The summed E-state index contributed by atoms with van der Waals surface area (Å²) in [5.41, 5.74) is 0. The molecule has 11 heteroatoms. The van der Waals surface area contributed by atoms with Crippen LogP contribution in [0.15, 0.2) is 0 Å². The van der Waals surface area contributed by atoms with Crippen molar-refractivity contribution in [2.24, 2.45) is 0 Å². The second-order valence-corrected chi connectivity index (χ2v) is 0. The zero-order chi connectivity index (χ0) is 0. The van der Waals surface area contributed by atoms with E-state index in [1.54, 1.807) is 0 Å². The van der Waals surface area contributed by atoms with Gasteiger partial charge in [0.25, 0.3) is 0 Å². The van der Waals surface area contributed by atoms with Gasteiger partial charge in [0, 0.05) is 0 Å². The summed E-state index contributed by atoms with van der Waals surface area (Å²) < 4.78 is 0. The molecule has 0 aromatic heterocycles. The van der Waals surface area contributed by atoms with Crippen molar-refractivity contribution >= 4 is 0 Å². The van der Waals surface area contributed by atoms with E-state index in [-0.39, 0.29) is 67.2 Å². The van der Waals surface area contributed by atoms with E-state index < -0.39 is 0 Å². The summed E-state index contributed by atoms with van der Waals surface area (Å²) in [4.78, 5) is 0. The summed E-state index contributed by atoms with van der Waals surface area (Å²) in [6, 6.07) is 0. The van der Waals surface area contributed by atoms with Gasteiger partial charge in [-0.05, 0) is 0 Å². The lowest BCUT2D eigenvalue weighted by molar-refractivity contribution is -0.0000120. The van der Waals surface area contributed by atoms with E-state index in [1.807, 2.05) is 0 Å². The van der Waals surface area contributed by atoms with Crippen LogP contribution in [0, 0.1) is 0 Å². The largest absolute Gasteiger partial charge is 1.00 e. The Bertz CT molecular complexity index is 4.83. The highest BCUT2D eigenvalue weighted by Gasteiger charge is -0.402. The van der Waals surface area contributed by atoms with Crippen LogP contribution in [0.3, 0.4) is 0 Å². The Labute approximate surface area is 68.3 Å². The fraction of sp³-hybridized carbons (Fsp3) is 0. The van der Waals surface area contributed by atoms with Gasteiger partial charge in [-0.3, -0.25) is 0 Å². The molecule has 0 aliphatic rings. The van der Waals surface area contributed by atoms with Crippen LogP contribution in [-0.2, 0) is 0 Å². The lowest BCUT2D eigenvalue weighted by Gasteiger charge is -1.00. The second-order valence-electron chi connectivity index (χ2n) is 0. The maximum atomic E-state index is 0. The van der Waals surface area contributed by atoms with Crippen LogP contribution in [0.4, 0.5) is 0 Å². The number of hydrogen-bond donors (Lipinski definition) is 0. The van der Waals surface area contributed by atoms with E-state index in [0.29, 0.717) is 0 Å². The molecule has 0 fully saturated rings. The lowest BCUT2D eigenvalue weighted by atomic mass is 16.0. The Kier molecular flexibility index (Phi) is 517000000. The molecule has 10 nitrogen and oxygen atoms in total. The summed E-state index contributed by atoms with van der Waals surface area (Å²) >= 11 is 0. The minimum atomic E-state index is 0. The first-order valence-electron chi connectivity index (χ1n) is 0. The van der Waals surface area contributed by atoms with Gasteiger partial charge in [-0.25, -0.2) is 0 Å². The van der Waals surface area contributed by atoms with Gasteiger partial charge >= 0.3 is 0 Å². The van der Waals surface area contributed by atoms with Crippen molar-refractivity contribution in [2.75, 3.05) is 0 Å². The van der Waals surface area contributed by atoms with Crippen LogP contribution in [0.2, 0.25) is 0 Å². The van der Waals surface area contributed by atoms with Crippen molar-refractivity contribution in [3.05, 3.63) is 0 Å². The van der Waals surface area contributed by atoms with Gasteiger partial charge in [0.15, 0.2) is 0 Å². The molecule has 0 aliphatic carbocycles. The first-order chi connectivity index (χ1) is 0. The molecule has 0 saturated heterocycles. The SMILES string of the molecule is O.O.O.O.O.O.O.O.O.O.[Cl-]. The van der Waals surface area contributed by atoms with E-state index in [1.165, 1.54) is 0 Å². The highest BCUT2D eigenvalue weighted by Crippen LogP contribution is -0.280. The molecule has 20 N–H and O–H groups in total. The molecular formula is H20ClO10-. The standard InChI is InChI=1S/ClH.10H2O/h1H;10*1H2/p-1. The zero-order valence-electron chi connectivity index (χ0n) is 5.38. The van der Waals surface area contributed by atoms with Crippen LogP contribution in [0.25, 0.3) is 0 Å². The molecule has 0 bridgehead atoms. The van der Waals surface area contributed by atoms with E-state index in [2.05, 4.69) is 0 Å². The molecule has 0 atom stereocenters. The normalized spacial score (nSPS) is 0. The Morgan fingerprint density at radius 2 is 0.182 bits per heavy atom. The second kappa shape index (κ2) is 64600. The van der Waals surface area contributed by atoms with Crippen molar-refractivity contribution in [1.82, 2.24) is 0 Å². The molecular weight excluding hydrogens is 195 g/mol. The Morgan fingerprint density at radius 1 is 0.182 bits per heavy atom. The topological polar surface area (TPSA) is 315 Å². The zero-order valence-corrected chi connectivity index (χ0v) is 6.13. The van der Waals surface area contributed by atoms with Crippen LogP contribution in [0.1, 0.15) is 0 Å². The first-order valence-corrected chi connectivity index (χ1v) is 0. The maximum Gasteiger partial charge on any atom is -0.412 e. The van der Waals surface area contributed by atoms with Gasteiger partial charge in [0.1, 0.15) is 0 Å². The molecule has 0 radical (unpaired) electrons. The number of halogens is 1. The molecule has 0 aliphatic heterocycles. The van der Waals surface area contributed by atoms with Crippen molar-refractivity contribution in [2.45, 2.75) is 0 Å². The van der Waals surface area contributed by atoms with Crippen LogP contribution >= 0.6 is 0 Å². The molecule has 0 rings (SSSR count). The van der Waals surface area contributed by atoms with Gasteiger partial charge in [0.05, 0.1) is 0 Å². The van der Waals surface area contributed by atoms with Crippen LogP contribution in [0.5, 0.6) is 0 Å². The predicted molar refractivity (Wildman–Crippen MR) is 36.1 cm³/mol. The van der Waals surface area contributed by atoms with E-state index in [4.69, 9.17) is 0 Å². The van der Waals surface area contributed by atoms with Gasteiger partial charge in [-0.2, -0.15) is 0 Å². The van der Waals surface area contributed by atoms with Crippen molar-refractivity contribution in [3.8, 4) is 0 Å². The monoisotopic (exact) mass is 215 g/mol. The Hall–Kier alpha value is -0.110. The van der Waals surface area contributed by atoms with E-state index in [9.17, 15) is 0 Å². The van der Waals surface area contributed by atoms with Gasteiger partial charge in [-0.15, -0.1) is 0 Å². The number of rotatable bonds is 0. The third-order valence-corrected chi connectivity index (χ3v) is 0. The average molecular weight is 216 g/mol. The molecule has 0 spiro atoms. The maximum absolute atomic E-state index is 0. The minimum absolute atomic E-state index is 0. The molecule has 0 saturated carbocycles.